The van der Waals surface area contributed by atoms with Gasteiger partial charge in [0, 0.05) is 10.6 Å². The number of nitrogens with zero attached hydrogens (tertiary/aromatic N) is 1. The Morgan fingerprint density at radius 3 is 2.84 bits per heavy atom. The van der Waals surface area contributed by atoms with E-state index in [1.807, 2.05) is 6.92 Å². The van der Waals surface area contributed by atoms with Crippen LogP contribution in [0.25, 0.3) is 10.2 Å². The largest absolute Gasteiger partial charge is 0.462 e. The Kier molecular flexibility index (Phi) is 6.72. The van der Waals surface area contributed by atoms with Gasteiger partial charge >= 0.3 is 5.97 Å². The zero-order valence-electron chi connectivity index (χ0n) is 17.2. The van der Waals surface area contributed by atoms with Crippen molar-refractivity contribution in [1.82, 2.24) is 9.97 Å². The van der Waals surface area contributed by atoms with Crippen molar-refractivity contribution in [1.29, 1.82) is 0 Å². The first-order chi connectivity index (χ1) is 15.0. The fourth-order valence-corrected chi connectivity index (χ4v) is 5.49. The van der Waals surface area contributed by atoms with Crippen LogP contribution in [0.4, 0.5) is 5.69 Å². The summed E-state index contributed by atoms with van der Waals surface area (Å²) in [5.41, 5.74) is 2.14. The average Bonchev–Trinajstić information content (AvgIpc) is 3.33. The van der Waals surface area contributed by atoms with Crippen molar-refractivity contribution in [2.24, 2.45) is 0 Å². The number of aromatic amines is 1. The fraction of sp³-hybridized carbons (Fsp3) is 0.364. The quantitative estimate of drug-likeness (QED) is 0.498. The first-order valence-corrected chi connectivity index (χ1v) is 12.2. The van der Waals surface area contributed by atoms with Gasteiger partial charge in [0.05, 0.1) is 29.1 Å². The van der Waals surface area contributed by atoms with E-state index >= 15 is 0 Å². The maximum Gasteiger partial charge on any atom is 0.338 e. The molecule has 2 N–H and O–H groups in total. The molecule has 9 heteroatoms. The van der Waals surface area contributed by atoms with E-state index in [-0.39, 0.29) is 23.2 Å². The molecule has 0 saturated heterocycles. The van der Waals surface area contributed by atoms with Crippen molar-refractivity contribution in [2.45, 2.75) is 38.4 Å². The molecule has 3 aromatic rings. The number of benzene rings is 1. The standard InChI is InChI=1S/C22H23N3O4S2/c1-2-10-29-22(28)13-6-8-14(9-7-13)23-18(26)12-30-11-17-24-20(27)19-15-4-3-5-16(15)31-21(19)25-17/h6-9H,2-5,10-12H2,1H3,(H,23,26)(H,24,25,27). The van der Waals surface area contributed by atoms with Gasteiger partial charge in [-0.25, -0.2) is 9.78 Å². The lowest BCUT2D eigenvalue weighted by atomic mass is 10.2. The molecule has 31 heavy (non-hydrogen) atoms. The Labute approximate surface area is 187 Å². The van der Waals surface area contributed by atoms with Gasteiger partial charge < -0.3 is 15.0 Å². The summed E-state index contributed by atoms with van der Waals surface area (Å²) in [7, 11) is 0. The van der Waals surface area contributed by atoms with Crippen LogP contribution in [0.15, 0.2) is 29.1 Å². The number of carbonyl (C=O) groups excluding carboxylic acids is 2. The number of thiophene rings is 1. The van der Waals surface area contributed by atoms with Crippen LogP contribution in [0.1, 0.15) is 46.4 Å². The number of H-pyrrole nitrogens is 1. The summed E-state index contributed by atoms with van der Waals surface area (Å²) in [6.07, 6.45) is 3.86. The molecule has 0 fully saturated rings. The van der Waals surface area contributed by atoms with Crippen molar-refractivity contribution in [3.8, 4) is 0 Å². The number of anilines is 1. The van der Waals surface area contributed by atoms with Crippen molar-refractivity contribution >= 4 is 50.9 Å². The molecule has 2 aromatic heterocycles. The van der Waals surface area contributed by atoms with E-state index < -0.39 is 0 Å². The van der Waals surface area contributed by atoms with Gasteiger partial charge in [-0.3, -0.25) is 9.59 Å². The summed E-state index contributed by atoms with van der Waals surface area (Å²) in [6, 6.07) is 6.61. The highest BCUT2D eigenvalue weighted by Gasteiger charge is 2.21. The predicted molar refractivity (Wildman–Crippen MR) is 124 cm³/mol. The third-order valence-electron chi connectivity index (χ3n) is 4.94. The molecular formula is C22H23N3O4S2. The summed E-state index contributed by atoms with van der Waals surface area (Å²) < 4.78 is 5.09. The number of ether oxygens (including phenoxy) is 1. The highest BCUT2D eigenvalue weighted by molar-refractivity contribution is 7.99. The first kappa shape index (κ1) is 21.6. The molecule has 162 valence electrons. The fourth-order valence-electron chi connectivity index (χ4n) is 3.52. The van der Waals surface area contributed by atoms with Gasteiger partial charge in [0.15, 0.2) is 0 Å². The second-order valence-corrected chi connectivity index (χ2v) is 9.37. The minimum Gasteiger partial charge on any atom is -0.462 e. The smallest absolute Gasteiger partial charge is 0.338 e. The number of hydrogen-bond acceptors (Lipinski definition) is 7. The average molecular weight is 458 g/mol. The number of fused-ring (bicyclic) bond motifs is 3. The van der Waals surface area contributed by atoms with E-state index in [0.717, 1.165) is 41.5 Å². The lowest BCUT2D eigenvalue weighted by molar-refractivity contribution is -0.113. The molecule has 1 aliphatic carbocycles. The molecule has 0 radical (unpaired) electrons. The molecule has 7 nitrogen and oxygen atoms in total. The summed E-state index contributed by atoms with van der Waals surface area (Å²) in [6.45, 7) is 2.32. The van der Waals surface area contributed by atoms with E-state index in [4.69, 9.17) is 4.74 Å². The molecular weight excluding hydrogens is 434 g/mol. The molecule has 0 spiro atoms. The summed E-state index contributed by atoms with van der Waals surface area (Å²) in [4.78, 5) is 46.1. The van der Waals surface area contributed by atoms with Gasteiger partial charge in [-0.05, 0) is 55.5 Å². The SMILES string of the molecule is CCCOC(=O)c1ccc(NC(=O)CSCc2nc3sc4c(c3c(=O)[nH]2)CCC4)cc1. The van der Waals surface area contributed by atoms with E-state index in [1.165, 1.54) is 16.6 Å². The number of amides is 1. The normalized spacial score (nSPS) is 12.7. The van der Waals surface area contributed by atoms with Gasteiger partial charge in [0.25, 0.3) is 5.56 Å². The lowest BCUT2D eigenvalue weighted by Crippen LogP contribution is -2.15. The molecule has 2 heterocycles. The van der Waals surface area contributed by atoms with Gasteiger partial charge in [0.1, 0.15) is 10.7 Å². The van der Waals surface area contributed by atoms with Gasteiger partial charge in [-0.2, -0.15) is 0 Å². The Morgan fingerprint density at radius 2 is 2.06 bits per heavy atom. The summed E-state index contributed by atoms with van der Waals surface area (Å²) in [5, 5.41) is 3.54. The molecule has 1 aromatic carbocycles. The second-order valence-electron chi connectivity index (χ2n) is 7.30. The van der Waals surface area contributed by atoms with Crippen molar-refractivity contribution in [3.05, 3.63) is 56.4 Å². The Balaban J connectivity index is 1.29. The van der Waals surface area contributed by atoms with Crippen LogP contribution in [-0.2, 0) is 28.1 Å². The molecule has 0 aliphatic heterocycles. The maximum absolute atomic E-state index is 12.5. The number of carbonyl (C=O) groups is 2. The van der Waals surface area contributed by atoms with Crippen LogP contribution < -0.4 is 10.9 Å². The van der Waals surface area contributed by atoms with Crippen LogP contribution in [0, 0.1) is 0 Å². The molecule has 4 rings (SSSR count). The van der Waals surface area contributed by atoms with Gasteiger partial charge in [-0.15, -0.1) is 23.1 Å². The van der Waals surface area contributed by atoms with E-state index in [0.29, 0.717) is 29.4 Å². The topological polar surface area (TPSA) is 101 Å². The molecule has 1 aliphatic rings. The van der Waals surface area contributed by atoms with Crippen LogP contribution in [0.2, 0.25) is 0 Å². The predicted octanol–water partition coefficient (Wildman–Crippen LogP) is 3.91. The number of aromatic nitrogens is 2. The number of hydrogen-bond donors (Lipinski definition) is 2. The third-order valence-corrected chi connectivity index (χ3v) is 7.07. The van der Waals surface area contributed by atoms with Crippen LogP contribution in [0.5, 0.6) is 0 Å². The molecule has 0 saturated carbocycles. The van der Waals surface area contributed by atoms with Crippen molar-refractivity contribution in [3.63, 3.8) is 0 Å². The first-order valence-electron chi connectivity index (χ1n) is 10.2. The molecule has 1 amide bonds. The Bertz CT molecular complexity index is 1170. The Hall–Kier alpha value is -2.65. The van der Waals surface area contributed by atoms with E-state index in [9.17, 15) is 14.4 Å². The molecule has 0 bridgehead atoms. The van der Waals surface area contributed by atoms with E-state index in [1.54, 1.807) is 35.6 Å². The third kappa shape index (κ3) is 4.99. The Morgan fingerprint density at radius 1 is 1.26 bits per heavy atom. The number of esters is 1. The summed E-state index contributed by atoms with van der Waals surface area (Å²) in [5.74, 6) is 0.728. The van der Waals surface area contributed by atoms with Crippen LogP contribution in [-0.4, -0.2) is 34.2 Å². The monoisotopic (exact) mass is 457 g/mol. The highest BCUT2D eigenvalue weighted by atomic mass is 32.2. The molecule has 0 unspecified atom stereocenters. The lowest BCUT2D eigenvalue weighted by Gasteiger charge is -2.07. The van der Waals surface area contributed by atoms with Crippen LogP contribution in [0.3, 0.4) is 0 Å². The maximum atomic E-state index is 12.5. The molecule has 0 atom stereocenters. The van der Waals surface area contributed by atoms with Crippen molar-refractivity contribution in [2.75, 3.05) is 17.7 Å². The number of aryl methyl sites for hydroxylation is 2. The number of rotatable bonds is 8. The van der Waals surface area contributed by atoms with Crippen LogP contribution >= 0.6 is 23.1 Å². The zero-order chi connectivity index (χ0) is 21.8. The number of nitrogens with one attached hydrogen (secondary N) is 2. The van der Waals surface area contributed by atoms with Gasteiger partial charge in [0.2, 0.25) is 5.91 Å². The highest BCUT2D eigenvalue weighted by Crippen LogP contribution is 2.34. The minimum atomic E-state index is -0.371. The summed E-state index contributed by atoms with van der Waals surface area (Å²) >= 11 is 3.00. The van der Waals surface area contributed by atoms with E-state index in [2.05, 4.69) is 15.3 Å². The second kappa shape index (κ2) is 9.65. The number of thioether (sulfide) groups is 1. The minimum absolute atomic E-state index is 0.0815. The van der Waals surface area contributed by atoms with Gasteiger partial charge in [-0.1, -0.05) is 6.92 Å². The zero-order valence-corrected chi connectivity index (χ0v) is 18.8. The van der Waals surface area contributed by atoms with Crippen molar-refractivity contribution < 1.29 is 14.3 Å².